The second-order valence-electron chi connectivity index (χ2n) is 6.85. The standard InChI is InChI=1S/C22H17BrClN3/c23-16-9-5-15(6-10-16)21-13-19(14-7-11-17(24)12-8-14)26-22-25-18-3-1-2-4-20(18)27(21)22/h1-12,19,21H,13H2,(H,25,26)/t19-,21-/m1/s1. The predicted octanol–water partition coefficient (Wildman–Crippen LogP) is 6.60. The first-order valence-electron chi connectivity index (χ1n) is 8.93. The van der Waals surface area contributed by atoms with Crippen LogP contribution < -0.4 is 5.32 Å². The van der Waals surface area contributed by atoms with E-state index in [0.717, 1.165) is 32.9 Å². The molecule has 0 bridgehead atoms. The minimum Gasteiger partial charge on any atom is -0.349 e. The number of hydrogen-bond donors (Lipinski definition) is 1. The Labute approximate surface area is 171 Å². The molecule has 0 saturated heterocycles. The molecule has 0 unspecified atom stereocenters. The highest BCUT2D eigenvalue weighted by atomic mass is 79.9. The van der Waals surface area contributed by atoms with Crippen molar-refractivity contribution in [2.45, 2.75) is 18.5 Å². The van der Waals surface area contributed by atoms with Gasteiger partial charge in [0.05, 0.1) is 23.1 Å². The largest absolute Gasteiger partial charge is 0.349 e. The molecule has 1 aliphatic heterocycles. The lowest BCUT2D eigenvalue weighted by atomic mass is 9.93. The Kier molecular flexibility index (Phi) is 4.18. The molecule has 1 N–H and O–H groups in total. The van der Waals surface area contributed by atoms with E-state index in [1.165, 1.54) is 11.1 Å². The summed E-state index contributed by atoms with van der Waals surface area (Å²) >= 11 is 9.63. The van der Waals surface area contributed by atoms with E-state index < -0.39 is 0 Å². The van der Waals surface area contributed by atoms with E-state index in [0.29, 0.717) is 0 Å². The molecule has 0 spiro atoms. The second-order valence-corrected chi connectivity index (χ2v) is 8.20. The lowest BCUT2D eigenvalue weighted by molar-refractivity contribution is 0.477. The first kappa shape index (κ1) is 16.8. The topological polar surface area (TPSA) is 29.9 Å². The van der Waals surface area contributed by atoms with Crippen LogP contribution in [-0.4, -0.2) is 9.55 Å². The summed E-state index contributed by atoms with van der Waals surface area (Å²) < 4.78 is 3.41. The predicted molar refractivity (Wildman–Crippen MR) is 114 cm³/mol. The van der Waals surface area contributed by atoms with E-state index in [4.69, 9.17) is 16.6 Å². The van der Waals surface area contributed by atoms with Gasteiger partial charge in [-0.25, -0.2) is 4.98 Å². The maximum atomic E-state index is 6.08. The summed E-state index contributed by atoms with van der Waals surface area (Å²) in [6, 6.07) is 25.4. The Morgan fingerprint density at radius 1 is 0.926 bits per heavy atom. The third kappa shape index (κ3) is 3.03. The number of fused-ring (bicyclic) bond motifs is 3. The zero-order valence-corrected chi connectivity index (χ0v) is 16.8. The van der Waals surface area contributed by atoms with E-state index in [9.17, 15) is 0 Å². The molecular formula is C22H17BrClN3. The highest BCUT2D eigenvalue weighted by molar-refractivity contribution is 9.10. The van der Waals surface area contributed by atoms with Crippen LogP contribution in [0.25, 0.3) is 11.0 Å². The van der Waals surface area contributed by atoms with Crippen molar-refractivity contribution in [2.75, 3.05) is 5.32 Å². The number of aromatic nitrogens is 2. The van der Waals surface area contributed by atoms with E-state index in [-0.39, 0.29) is 12.1 Å². The smallest absolute Gasteiger partial charge is 0.204 e. The van der Waals surface area contributed by atoms with Gasteiger partial charge in [0, 0.05) is 9.50 Å². The number of imidazole rings is 1. The van der Waals surface area contributed by atoms with Crippen molar-refractivity contribution in [1.82, 2.24) is 9.55 Å². The Morgan fingerprint density at radius 2 is 1.63 bits per heavy atom. The molecule has 3 nitrogen and oxygen atoms in total. The Bertz CT molecular complexity index is 1100. The number of halogens is 2. The minimum atomic E-state index is 0.181. The third-order valence-corrected chi connectivity index (χ3v) is 5.98. The molecule has 1 aliphatic rings. The van der Waals surface area contributed by atoms with Crippen molar-refractivity contribution in [3.05, 3.63) is 93.4 Å². The molecule has 3 aromatic carbocycles. The summed E-state index contributed by atoms with van der Waals surface area (Å²) in [5, 5.41) is 4.39. The number of anilines is 1. The van der Waals surface area contributed by atoms with Crippen LogP contribution in [0.5, 0.6) is 0 Å². The number of nitrogens with one attached hydrogen (secondary N) is 1. The number of benzene rings is 3. The van der Waals surface area contributed by atoms with Crippen LogP contribution in [0.2, 0.25) is 5.02 Å². The molecule has 2 atom stereocenters. The fraction of sp³-hybridized carbons (Fsp3) is 0.136. The molecule has 134 valence electrons. The van der Waals surface area contributed by atoms with Crippen LogP contribution in [0, 0.1) is 0 Å². The maximum Gasteiger partial charge on any atom is 0.204 e. The zero-order chi connectivity index (χ0) is 18.4. The van der Waals surface area contributed by atoms with Crippen molar-refractivity contribution in [1.29, 1.82) is 0 Å². The fourth-order valence-electron chi connectivity index (χ4n) is 3.89. The molecule has 1 aromatic heterocycles. The Balaban J connectivity index is 1.65. The van der Waals surface area contributed by atoms with Gasteiger partial charge in [-0.05, 0) is 53.9 Å². The van der Waals surface area contributed by atoms with Gasteiger partial charge in [-0.1, -0.05) is 63.9 Å². The van der Waals surface area contributed by atoms with Gasteiger partial charge < -0.3 is 9.88 Å². The van der Waals surface area contributed by atoms with Crippen molar-refractivity contribution < 1.29 is 0 Å². The monoisotopic (exact) mass is 437 g/mol. The molecule has 27 heavy (non-hydrogen) atoms. The summed E-state index contributed by atoms with van der Waals surface area (Å²) in [6.45, 7) is 0. The van der Waals surface area contributed by atoms with Crippen LogP contribution in [0.4, 0.5) is 5.95 Å². The van der Waals surface area contributed by atoms with Crippen LogP contribution >= 0.6 is 27.5 Å². The van der Waals surface area contributed by atoms with Crippen molar-refractivity contribution >= 4 is 44.5 Å². The van der Waals surface area contributed by atoms with Gasteiger partial charge in [0.25, 0.3) is 0 Å². The van der Waals surface area contributed by atoms with Gasteiger partial charge in [-0.2, -0.15) is 0 Å². The highest BCUT2D eigenvalue weighted by Gasteiger charge is 2.30. The number of hydrogen-bond acceptors (Lipinski definition) is 2. The zero-order valence-electron chi connectivity index (χ0n) is 14.4. The van der Waals surface area contributed by atoms with E-state index in [2.05, 4.69) is 80.4 Å². The lowest BCUT2D eigenvalue weighted by Gasteiger charge is -2.33. The second kappa shape index (κ2) is 6.70. The van der Waals surface area contributed by atoms with Crippen molar-refractivity contribution in [3.63, 3.8) is 0 Å². The van der Waals surface area contributed by atoms with Crippen LogP contribution in [-0.2, 0) is 0 Å². The van der Waals surface area contributed by atoms with Crippen LogP contribution in [0.15, 0.2) is 77.3 Å². The summed E-state index contributed by atoms with van der Waals surface area (Å²) in [5.74, 6) is 0.912. The minimum absolute atomic E-state index is 0.181. The lowest BCUT2D eigenvalue weighted by Crippen LogP contribution is -2.27. The first-order valence-corrected chi connectivity index (χ1v) is 10.1. The van der Waals surface area contributed by atoms with Crippen molar-refractivity contribution in [2.24, 2.45) is 0 Å². The first-order chi connectivity index (χ1) is 13.2. The third-order valence-electron chi connectivity index (χ3n) is 5.20. The summed E-state index contributed by atoms with van der Waals surface area (Å²) in [6.07, 6.45) is 0.941. The molecule has 0 aliphatic carbocycles. The quantitative estimate of drug-likeness (QED) is 0.382. The SMILES string of the molecule is Clc1ccc([C@H]2C[C@H](c3ccc(Br)cc3)n3c(nc4ccccc43)N2)cc1. The molecular weight excluding hydrogens is 422 g/mol. The van der Waals surface area contributed by atoms with Crippen LogP contribution in [0.3, 0.4) is 0 Å². The summed E-state index contributed by atoms with van der Waals surface area (Å²) in [5.41, 5.74) is 4.67. The van der Waals surface area contributed by atoms with Gasteiger partial charge >= 0.3 is 0 Å². The fourth-order valence-corrected chi connectivity index (χ4v) is 4.28. The summed E-state index contributed by atoms with van der Waals surface area (Å²) in [7, 11) is 0. The van der Waals surface area contributed by atoms with E-state index >= 15 is 0 Å². The maximum absolute atomic E-state index is 6.08. The average molecular weight is 439 g/mol. The molecule has 5 heteroatoms. The van der Waals surface area contributed by atoms with E-state index in [1.807, 2.05) is 18.2 Å². The molecule has 4 aromatic rings. The highest BCUT2D eigenvalue weighted by Crippen LogP contribution is 2.41. The molecule has 0 radical (unpaired) electrons. The van der Waals surface area contributed by atoms with Crippen LogP contribution in [0.1, 0.15) is 29.6 Å². The molecule has 2 heterocycles. The normalized spacial score (nSPS) is 18.9. The number of para-hydroxylation sites is 2. The molecule has 0 fully saturated rings. The molecule has 0 amide bonds. The Morgan fingerprint density at radius 3 is 2.41 bits per heavy atom. The van der Waals surface area contributed by atoms with Crippen molar-refractivity contribution in [3.8, 4) is 0 Å². The summed E-state index contributed by atoms with van der Waals surface area (Å²) in [4.78, 5) is 4.86. The van der Waals surface area contributed by atoms with Gasteiger partial charge in [-0.3, -0.25) is 0 Å². The average Bonchev–Trinajstić information content (AvgIpc) is 3.07. The Hall–Kier alpha value is -2.30. The van der Waals surface area contributed by atoms with Gasteiger partial charge in [0.2, 0.25) is 5.95 Å². The molecule has 0 saturated carbocycles. The molecule has 5 rings (SSSR count). The van der Waals surface area contributed by atoms with Gasteiger partial charge in [-0.15, -0.1) is 0 Å². The van der Waals surface area contributed by atoms with E-state index in [1.54, 1.807) is 0 Å². The van der Waals surface area contributed by atoms with Gasteiger partial charge in [0.15, 0.2) is 0 Å². The number of nitrogens with zero attached hydrogens (tertiary/aromatic N) is 2. The van der Waals surface area contributed by atoms with Gasteiger partial charge in [0.1, 0.15) is 0 Å². The number of rotatable bonds is 2.